The first-order valence-corrected chi connectivity index (χ1v) is 7.18. The second-order valence-corrected chi connectivity index (χ2v) is 7.08. The van der Waals surface area contributed by atoms with Crippen LogP contribution in [0, 0.1) is 0 Å². The van der Waals surface area contributed by atoms with E-state index in [2.05, 4.69) is 5.32 Å². The molecule has 2 saturated heterocycles. The van der Waals surface area contributed by atoms with E-state index in [1.807, 2.05) is 0 Å². The molecule has 2 aliphatic heterocycles. The SMILES string of the molecule is CS(=O)(=O)C1(C(=O)NO)CC2CCC(C1)N2. The van der Waals surface area contributed by atoms with E-state index in [-0.39, 0.29) is 24.9 Å². The molecule has 2 aliphatic rings. The maximum Gasteiger partial charge on any atom is 0.264 e. The highest BCUT2D eigenvalue weighted by Crippen LogP contribution is 2.39. The van der Waals surface area contributed by atoms with Gasteiger partial charge in [-0.3, -0.25) is 10.0 Å². The summed E-state index contributed by atoms with van der Waals surface area (Å²) in [6.45, 7) is 0. The molecule has 3 N–H and O–H groups in total. The first-order valence-electron chi connectivity index (χ1n) is 5.29. The molecule has 2 rings (SSSR count). The summed E-state index contributed by atoms with van der Waals surface area (Å²) in [6.07, 6.45) is 3.33. The molecule has 1 amide bonds. The van der Waals surface area contributed by atoms with Gasteiger partial charge in [0.15, 0.2) is 14.6 Å². The fourth-order valence-electron chi connectivity index (χ4n) is 2.86. The normalized spacial score (nSPS) is 38.4. The van der Waals surface area contributed by atoms with E-state index >= 15 is 0 Å². The van der Waals surface area contributed by atoms with Crippen LogP contribution in [0.4, 0.5) is 0 Å². The lowest BCUT2D eigenvalue weighted by Gasteiger charge is -2.37. The average Bonchev–Trinajstić information content (AvgIpc) is 2.55. The van der Waals surface area contributed by atoms with E-state index < -0.39 is 20.5 Å². The van der Waals surface area contributed by atoms with E-state index in [1.165, 1.54) is 5.48 Å². The molecular weight excluding hydrogens is 232 g/mol. The van der Waals surface area contributed by atoms with Crippen molar-refractivity contribution in [2.45, 2.75) is 42.5 Å². The van der Waals surface area contributed by atoms with Crippen LogP contribution in [0.3, 0.4) is 0 Å². The van der Waals surface area contributed by atoms with Gasteiger partial charge in [-0.05, 0) is 25.7 Å². The standard InChI is InChI=1S/C9H16N2O4S/c1-16(14,15)9(8(12)11-13)4-6-2-3-7(5-9)10-6/h6-7,10,13H,2-5H2,1H3,(H,11,12). The van der Waals surface area contributed by atoms with Crippen molar-refractivity contribution in [2.24, 2.45) is 0 Å². The van der Waals surface area contributed by atoms with Crippen molar-refractivity contribution in [3.63, 3.8) is 0 Å². The van der Waals surface area contributed by atoms with Crippen LogP contribution in [0.15, 0.2) is 0 Å². The van der Waals surface area contributed by atoms with Crippen molar-refractivity contribution in [3.8, 4) is 0 Å². The Morgan fingerprint density at radius 1 is 1.38 bits per heavy atom. The maximum absolute atomic E-state index is 11.8. The number of fused-ring (bicyclic) bond motifs is 2. The van der Waals surface area contributed by atoms with Gasteiger partial charge in [-0.2, -0.15) is 0 Å². The molecule has 0 radical (unpaired) electrons. The van der Waals surface area contributed by atoms with Crippen molar-refractivity contribution in [3.05, 3.63) is 0 Å². The smallest absolute Gasteiger partial charge is 0.264 e. The molecule has 0 aromatic heterocycles. The number of hydrogen-bond acceptors (Lipinski definition) is 5. The van der Waals surface area contributed by atoms with Crippen LogP contribution in [-0.2, 0) is 14.6 Å². The number of piperidine rings is 1. The Kier molecular flexibility index (Phi) is 2.72. The summed E-state index contributed by atoms with van der Waals surface area (Å²) in [5, 5.41) is 12.0. The molecule has 6 nitrogen and oxygen atoms in total. The van der Waals surface area contributed by atoms with Crippen molar-refractivity contribution in [2.75, 3.05) is 6.26 Å². The third-order valence-electron chi connectivity index (χ3n) is 3.71. The number of amides is 1. The molecule has 2 heterocycles. The van der Waals surface area contributed by atoms with Gasteiger partial charge in [0.2, 0.25) is 0 Å². The zero-order chi connectivity index (χ0) is 12.0. The molecule has 0 aliphatic carbocycles. The largest absolute Gasteiger partial charge is 0.311 e. The summed E-state index contributed by atoms with van der Waals surface area (Å²) < 4.78 is 22.2. The Labute approximate surface area is 94.3 Å². The van der Waals surface area contributed by atoms with E-state index in [0.717, 1.165) is 19.1 Å². The van der Waals surface area contributed by atoms with Crippen molar-refractivity contribution < 1.29 is 18.4 Å². The van der Waals surface area contributed by atoms with Crippen molar-refractivity contribution in [1.29, 1.82) is 0 Å². The fraction of sp³-hybridized carbons (Fsp3) is 0.889. The topological polar surface area (TPSA) is 95.5 Å². The Bertz CT molecular complexity index is 394. The van der Waals surface area contributed by atoms with E-state index in [0.29, 0.717) is 0 Å². The van der Waals surface area contributed by atoms with Crippen LogP contribution in [0.2, 0.25) is 0 Å². The lowest BCUT2D eigenvalue weighted by molar-refractivity contribution is -0.133. The molecule has 2 fully saturated rings. The summed E-state index contributed by atoms with van der Waals surface area (Å²) in [5.74, 6) is -0.798. The molecule has 2 atom stereocenters. The van der Waals surface area contributed by atoms with Gasteiger partial charge in [0.05, 0.1) is 0 Å². The number of carbonyl (C=O) groups excluding carboxylic acids is 1. The molecule has 0 aromatic carbocycles. The van der Waals surface area contributed by atoms with Crippen molar-refractivity contribution >= 4 is 15.7 Å². The minimum Gasteiger partial charge on any atom is -0.311 e. The number of nitrogens with one attached hydrogen (secondary N) is 2. The van der Waals surface area contributed by atoms with Gasteiger partial charge in [-0.1, -0.05) is 0 Å². The molecule has 16 heavy (non-hydrogen) atoms. The number of carbonyl (C=O) groups is 1. The Hall–Kier alpha value is -0.660. The number of hydrogen-bond donors (Lipinski definition) is 3. The zero-order valence-corrected chi connectivity index (χ0v) is 9.88. The first kappa shape index (κ1) is 11.8. The van der Waals surface area contributed by atoms with Crippen LogP contribution in [-0.4, -0.2) is 42.6 Å². The number of hydroxylamine groups is 1. The lowest BCUT2D eigenvalue weighted by atomic mass is 9.91. The summed E-state index contributed by atoms with van der Waals surface area (Å²) >= 11 is 0. The monoisotopic (exact) mass is 248 g/mol. The average molecular weight is 248 g/mol. The predicted molar refractivity (Wildman–Crippen MR) is 56.7 cm³/mol. The second-order valence-electron chi connectivity index (χ2n) is 4.75. The van der Waals surface area contributed by atoms with E-state index in [1.54, 1.807) is 0 Å². The fourth-order valence-corrected chi connectivity index (χ4v) is 4.25. The molecule has 92 valence electrons. The summed E-state index contributed by atoms with van der Waals surface area (Å²) in [5.41, 5.74) is 1.51. The van der Waals surface area contributed by atoms with Crippen LogP contribution in [0.25, 0.3) is 0 Å². The van der Waals surface area contributed by atoms with Crippen LogP contribution in [0.5, 0.6) is 0 Å². The van der Waals surface area contributed by atoms with Gasteiger partial charge >= 0.3 is 0 Å². The van der Waals surface area contributed by atoms with Gasteiger partial charge in [0, 0.05) is 18.3 Å². The Morgan fingerprint density at radius 2 is 1.88 bits per heavy atom. The van der Waals surface area contributed by atoms with Gasteiger partial charge in [0.25, 0.3) is 5.91 Å². The maximum atomic E-state index is 11.8. The van der Waals surface area contributed by atoms with Crippen LogP contribution >= 0.6 is 0 Å². The van der Waals surface area contributed by atoms with E-state index in [9.17, 15) is 13.2 Å². The molecular formula is C9H16N2O4S. The number of rotatable bonds is 2. The summed E-state index contributed by atoms with van der Waals surface area (Å²) in [6, 6.07) is 0.122. The molecule has 0 saturated carbocycles. The zero-order valence-electron chi connectivity index (χ0n) is 9.06. The van der Waals surface area contributed by atoms with Gasteiger partial charge in [-0.15, -0.1) is 0 Å². The van der Waals surface area contributed by atoms with Crippen molar-refractivity contribution in [1.82, 2.24) is 10.8 Å². The van der Waals surface area contributed by atoms with Gasteiger partial charge in [-0.25, -0.2) is 13.9 Å². The molecule has 7 heteroatoms. The Balaban J connectivity index is 2.40. The quantitative estimate of drug-likeness (QED) is 0.439. The van der Waals surface area contributed by atoms with Gasteiger partial charge < -0.3 is 5.32 Å². The highest BCUT2D eigenvalue weighted by Gasteiger charge is 2.55. The first-order chi connectivity index (χ1) is 7.39. The summed E-state index contributed by atoms with van der Waals surface area (Å²) in [7, 11) is -3.54. The highest BCUT2D eigenvalue weighted by molar-refractivity contribution is 7.92. The molecule has 2 unspecified atom stereocenters. The minimum absolute atomic E-state index is 0.0609. The second kappa shape index (κ2) is 3.68. The van der Waals surface area contributed by atoms with E-state index in [4.69, 9.17) is 5.21 Å². The molecule has 2 bridgehead atoms. The molecule has 0 spiro atoms. The van der Waals surface area contributed by atoms with Crippen LogP contribution < -0.4 is 10.8 Å². The predicted octanol–water partition coefficient (Wildman–Crippen LogP) is -0.810. The highest BCUT2D eigenvalue weighted by atomic mass is 32.2. The van der Waals surface area contributed by atoms with Crippen LogP contribution in [0.1, 0.15) is 25.7 Å². The summed E-state index contributed by atoms with van der Waals surface area (Å²) in [4.78, 5) is 11.7. The lowest BCUT2D eigenvalue weighted by Crippen LogP contribution is -2.59. The Morgan fingerprint density at radius 3 is 2.25 bits per heavy atom. The minimum atomic E-state index is -3.54. The third kappa shape index (κ3) is 1.63. The van der Waals surface area contributed by atoms with Gasteiger partial charge in [0.1, 0.15) is 0 Å². The number of sulfone groups is 1. The third-order valence-corrected chi connectivity index (χ3v) is 5.65. The molecule has 0 aromatic rings.